The maximum Gasteiger partial charge on any atom is 0.142 e. The number of pyridine rings is 1. The molecule has 0 amide bonds. The van der Waals surface area contributed by atoms with Gasteiger partial charge < -0.3 is 10.4 Å². The summed E-state index contributed by atoms with van der Waals surface area (Å²) in [6, 6.07) is 13.7. The Balaban J connectivity index is 1.55. The number of aromatic nitrogens is 2. The number of hydrogen-bond donors (Lipinski definition) is 2. The Kier molecular flexibility index (Phi) is 5.12. The Morgan fingerprint density at radius 2 is 2.00 bits per heavy atom. The fourth-order valence-electron chi connectivity index (χ4n) is 2.40. The molecule has 2 heterocycles. The lowest BCUT2D eigenvalue weighted by molar-refractivity contribution is 0.173. The molecule has 118 valence electrons. The van der Waals surface area contributed by atoms with Gasteiger partial charge in [0.15, 0.2) is 0 Å². The molecular formula is C18H19N3OS. The van der Waals surface area contributed by atoms with Crippen LogP contribution in [-0.2, 0) is 6.54 Å². The van der Waals surface area contributed by atoms with Crippen molar-refractivity contribution in [2.24, 2.45) is 0 Å². The van der Waals surface area contributed by atoms with Crippen LogP contribution in [0.4, 0.5) is 0 Å². The maximum absolute atomic E-state index is 10.3. The van der Waals surface area contributed by atoms with E-state index in [0.29, 0.717) is 13.1 Å². The van der Waals surface area contributed by atoms with Crippen molar-refractivity contribution in [2.45, 2.75) is 19.6 Å². The number of aliphatic hydroxyl groups is 1. The van der Waals surface area contributed by atoms with Crippen molar-refractivity contribution in [2.75, 3.05) is 6.54 Å². The van der Waals surface area contributed by atoms with Crippen LogP contribution < -0.4 is 5.32 Å². The van der Waals surface area contributed by atoms with Gasteiger partial charge in [0.1, 0.15) is 5.01 Å². The van der Waals surface area contributed by atoms with E-state index in [-0.39, 0.29) is 0 Å². The molecule has 0 saturated heterocycles. The fourth-order valence-corrected chi connectivity index (χ4v) is 3.20. The molecule has 0 radical (unpaired) electrons. The number of hydrogen-bond acceptors (Lipinski definition) is 5. The Labute approximate surface area is 139 Å². The molecule has 0 aliphatic heterocycles. The lowest BCUT2D eigenvalue weighted by atomic mass is 10.0. The molecule has 0 fully saturated rings. The molecule has 2 aromatic heterocycles. The highest BCUT2D eigenvalue weighted by atomic mass is 32.1. The van der Waals surface area contributed by atoms with Crippen LogP contribution in [-0.4, -0.2) is 21.6 Å². The van der Waals surface area contributed by atoms with Crippen LogP contribution in [0.3, 0.4) is 0 Å². The van der Waals surface area contributed by atoms with Gasteiger partial charge in [-0.25, -0.2) is 4.98 Å². The Bertz CT molecular complexity index is 758. The molecule has 3 aromatic rings. The molecule has 1 unspecified atom stereocenters. The number of thiazole rings is 1. The van der Waals surface area contributed by atoms with Gasteiger partial charge in [-0.15, -0.1) is 11.3 Å². The van der Waals surface area contributed by atoms with Crippen molar-refractivity contribution < 1.29 is 5.11 Å². The first kappa shape index (κ1) is 15.8. The first-order valence-electron chi connectivity index (χ1n) is 7.54. The first-order valence-corrected chi connectivity index (χ1v) is 8.42. The highest BCUT2D eigenvalue weighted by molar-refractivity contribution is 7.13. The zero-order valence-corrected chi connectivity index (χ0v) is 13.8. The molecule has 1 atom stereocenters. The summed E-state index contributed by atoms with van der Waals surface area (Å²) in [7, 11) is 0. The third-order valence-electron chi connectivity index (χ3n) is 3.63. The third kappa shape index (κ3) is 4.01. The summed E-state index contributed by atoms with van der Waals surface area (Å²) in [6.45, 7) is 3.14. The topological polar surface area (TPSA) is 58.0 Å². The van der Waals surface area contributed by atoms with Crippen molar-refractivity contribution in [3.63, 3.8) is 0 Å². The molecule has 5 heteroatoms. The van der Waals surface area contributed by atoms with Crippen molar-refractivity contribution in [3.8, 4) is 10.7 Å². The number of benzene rings is 1. The van der Waals surface area contributed by atoms with Crippen LogP contribution in [0.15, 0.2) is 54.0 Å². The van der Waals surface area contributed by atoms with E-state index in [0.717, 1.165) is 27.5 Å². The van der Waals surface area contributed by atoms with Crippen molar-refractivity contribution in [1.82, 2.24) is 15.3 Å². The molecule has 0 spiro atoms. The minimum atomic E-state index is -0.509. The van der Waals surface area contributed by atoms with E-state index < -0.39 is 6.10 Å². The summed E-state index contributed by atoms with van der Waals surface area (Å²) in [5.74, 6) is 0. The van der Waals surface area contributed by atoms with Crippen LogP contribution in [0.5, 0.6) is 0 Å². The average Bonchev–Trinajstić information content (AvgIpc) is 3.05. The summed E-state index contributed by atoms with van der Waals surface area (Å²) >= 11 is 1.58. The molecule has 23 heavy (non-hydrogen) atoms. The van der Waals surface area contributed by atoms with Crippen LogP contribution in [0.25, 0.3) is 10.7 Å². The molecule has 1 aromatic carbocycles. The Morgan fingerprint density at radius 1 is 1.17 bits per heavy atom. The predicted octanol–water partition coefficient (Wildman–Crippen LogP) is 3.34. The summed E-state index contributed by atoms with van der Waals surface area (Å²) in [6.07, 6.45) is 1.26. The summed E-state index contributed by atoms with van der Waals surface area (Å²) < 4.78 is 0. The molecule has 4 nitrogen and oxygen atoms in total. The van der Waals surface area contributed by atoms with Crippen molar-refractivity contribution >= 4 is 11.3 Å². The zero-order chi connectivity index (χ0) is 16.1. The summed E-state index contributed by atoms with van der Waals surface area (Å²) in [5, 5.41) is 16.5. The number of nitrogens with zero attached hydrogens (tertiary/aromatic N) is 2. The number of aryl methyl sites for hydroxylation is 1. The highest BCUT2D eigenvalue weighted by Crippen LogP contribution is 2.21. The van der Waals surface area contributed by atoms with Crippen LogP contribution in [0, 0.1) is 6.92 Å². The quantitative estimate of drug-likeness (QED) is 0.730. The van der Waals surface area contributed by atoms with Gasteiger partial charge in [0, 0.05) is 24.7 Å². The van der Waals surface area contributed by atoms with Gasteiger partial charge >= 0.3 is 0 Å². The number of rotatable bonds is 6. The first-order chi connectivity index (χ1) is 11.2. The van der Waals surface area contributed by atoms with E-state index in [1.165, 1.54) is 0 Å². The van der Waals surface area contributed by atoms with Crippen LogP contribution in [0.2, 0.25) is 0 Å². The van der Waals surface area contributed by atoms with E-state index in [2.05, 4.69) is 15.3 Å². The van der Waals surface area contributed by atoms with E-state index in [1.54, 1.807) is 17.5 Å². The Hall–Kier alpha value is -2.08. The molecule has 0 aliphatic rings. The Morgan fingerprint density at radius 3 is 2.78 bits per heavy atom. The van der Waals surface area contributed by atoms with Gasteiger partial charge in [-0.3, -0.25) is 4.98 Å². The van der Waals surface area contributed by atoms with E-state index >= 15 is 0 Å². The second-order valence-electron chi connectivity index (χ2n) is 5.36. The minimum absolute atomic E-state index is 0.501. The standard InChI is InChI=1S/C18H19N3OS/c1-13-6-2-3-7-15(13)17(22)11-19-10-14-12-23-18(21-14)16-8-4-5-9-20-16/h2-9,12,17,19,22H,10-11H2,1H3. The van der Waals surface area contributed by atoms with E-state index in [9.17, 15) is 5.11 Å². The van der Waals surface area contributed by atoms with Gasteiger partial charge in [0.2, 0.25) is 0 Å². The maximum atomic E-state index is 10.3. The second-order valence-corrected chi connectivity index (χ2v) is 6.22. The van der Waals surface area contributed by atoms with E-state index in [4.69, 9.17) is 0 Å². The fraction of sp³-hybridized carbons (Fsp3) is 0.222. The second kappa shape index (κ2) is 7.46. The molecule has 0 bridgehead atoms. The zero-order valence-electron chi connectivity index (χ0n) is 12.9. The summed E-state index contributed by atoms with van der Waals surface area (Å²) in [4.78, 5) is 8.89. The average molecular weight is 325 g/mol. The normalized spacial score (nSPS) is 12.3. The minimum Gasteiger partial charge on any atom is -0.387 e. The monoisotopic (exact) mass is 325 g/mol. The lowest BCUT2D eigenvalue weighted by Crippen LogP contribution is -2.21. The molecule has 3 rings (SSSR count). The van der Waals surface area contributed by atoms with Crippen molar-refractivity contribution in [1.29, 1.82) is 0 Å². The summed E-state index contributed by atoms with van der Waals surface area (Å²) in [5.41, 5.74) is 3.93. The van der Waals surface area contributed by atoms with Crippen molar-refractivity contribution in [3.05, 3.63) is 70.9 Å². The molecule has 0 aliphatic carbocycles. The predicted molar refractivity (Wildman–Crippen MR) is 93.2 cm³/mol. The number of aliphatic hydroxyl groups excluding tert-OH is 1. The SMILES string of the molecule is Cc1ccccc1C(O)CNCc1csc(-c2ccccn2)n1. The highest BCUT2D eigenvalue weighted by Gasteiger charge is 2.10. The largest absolute Gasteiger partial charge is 0.387 e. The van der Waals surface area contributed by atoms with Gasteiger partial charge in [-0.2, -0.15) is 0 Å². The van der Waals surface area contributed by atoms with E-state index in [1.807, 2.05) is 54.8 Å². The van der Waals surface area contributed by atoms with Gasteiger partial charge in [0.05, 0.1) is 17.5 Å². The third-order valence-corrected chi connectivity index (χ3v) is 4.54. The molecule has 0 saturated carbocycles. The van der Waals surface area contributed by atoms with Crippen LogP contribution in [0.1, 0.15) is 22.9 Å². The van der Waals surface area contributed by atoms with Gasteiger partial charge in [-0.1, -0.05) is 30.3 Å². The van der Waals surface area contributed by atoms with Crippen LogP contribution >= 0.6 is 11.3 Å². The smallest absolute Gasteiger partial charge is 0.142 e. The molecular weight excluding hydrogens is 306 g/mol. The molecule has 2 N–H and O–H groups in total. The number of nitrogens with one attached hydrogen (secondary N) is 1. The van der Waals surface area contributed by atoms with Gasteiger partial charge in [-0.05, 0) is 30.2 Å². The van der Waals surface area contributed by atoms with Gasteiger partial charge in [0.25, 0.3) is 0 Å². The lowest BCUT2D eigenvalue weighted by Gasteiger charge is -2.14.